The zero-order chi connectivity index (χ0) is 21.7. The van der Waals surface area contributed by atoms with Crippen molar-refractivity contribution < 1.29 is 9.53 Å². The largest absolute Gasteiger partial charge is 0.489 e. The van der Waals surface area contributed by atoms with Crippen molar-refractivity contribution in [2.45, 2.75) is 64.6 Å². The summed E-state index contributed by atoms with van der Waals surface area (Å²) in [6, 6.07) is 9.83. The van der Waals surface area contributed by atoms with E-state index in [1.165, 1.54) is 5.56 Å². The second kappa shape index (κ2) is 9.80. The molecule has 3 rings (SSSR count). The highest BCUT2D eigenvalue weighted by molar-refractivity contribution is 6.31. The Morgan fingerprint density at radius 1 is 1.30 bits per heavy atom. The lowest BCUT2D eigenvalue weighted by atomic mass is 10.0. The molecule has 1 fully saturated rings. The van der Waals surface area contributed by atoms with Crippen LogP contribution < -0.4 is 10.1 Å². The monoisotopic (exact) mass is 429 g/mol. The minimum absolute atomic E-state index is 0.0919. The molecule has 1 aromatic carbocycles. The number of rotatable bonds is 6. The van der Waals surface area contributed by atoms with Gasteiger partial charge in [0, 0.05) is 42.1 Å². The van der Waals surface area contributed by atoms with Crippen LogP contribution in [-0.4, -0.2) is 46.6 Å². The topological polar surface area (TPSA) is 54.5 Å². The summed E-state index contributed by atoms with van der Waals surface area (Å²) in [5, 5.41) is 3.52. The van der Waals surface area contributed by atoms with Gasteiger partial charge in [0.2, 0.25) is 0 Å². The van der Waals surface area contributed by atoms with Crippen molar-refractivity contribution in [3.8, 4) is 5.75 Å². The zero-order valence-electron chi connectivity index (χ0n) is 18.3. The Labute approximate surface area is 184 Å². The van der Waals surface area contributed by atoms with E-state index in [-0.39, 0.29) is 17.6 Å². The molecule has 0 radical (unpaired) electrons. The first-order chi connectivity index (χ1) is 14.2. The van der Waals surface area contributed by atoms with Gasteiger partial charge in [-0.2, -0.15) is 0 Å². The van der Waals surface area contributed by atoms with E-state index < -0.39 is 0 Å². The molecular formula is C24H32ClN3O2. The summed E-state index contributed by atoms with van der Waals surface area (Å²) in [6.07, 6.45) is 6.70. The first-order valence-electron chi connectivity index (χ1n) is 10.6. The number of likely N-dealkylation sites (tertiary alicyclic amines) is 1. The summed E-state index contributed by atoms with van der Waals surface area (Å²) in [6.45, 7) is 10.1. The smallest absolute Gasteiger partial charge is 0.255 e. The van der Waals surface area contributed by atoms with Gasteiger partial charge >= 0.3 is 0 Å². The number of carbonyl (C=O) groups excluding carboxylic acids is 1. The summed E-state index contributed by atoms with van der Waals surface area (Å²) in [5.74, 6) is 0.436. The zero-order valence-corrected chi connectivity index (χ0v) is 19.1. The maximum Gasteiger partial charge on any atom is 0.255 e. The summed E-state index contributed by atoms with van der Waals surface area (Å²) >= 11 is 6.15. The number of carbonyl (C=O) groups is 1. The number of amides is 1. The van der Waals surface area contributed by atoms with Crippen LogP contribution in [0, 0.1) is 0 Å². The molecule has 0 bridgehead atoms. The molecule has 1 amide bonds. The van der Waals surface area contributed by atoms with Crippen molar-refractivity contribution in [1.29, 1.82) is 0 Å². The Bertz CT molecular complexity index is 843. The number of nitrogens with zero attached hydrogens (tertiary/aromatic N) is 2. The van der Waals surface area contributed by atoms with Crippen molar-refractivity contribution in [3.05, 3.63) is 58.9 Å². The van der Waals surface area contributed by atoms with Crippen molar-refractivity contribution in [2.75, 3.05) is 13.1 Å². The molecule has 6 heteroatoms. The van der Waals surface area contributed by atoms with E-state index in [2.05, 4.69) is 28.2 Å². The number of piperidine rings is 1. The third kappa shape index (κ3) is 6.44. The van der Waals surface area contributed by atoms with E-state index in [0.717, 1.165) is 32.4 Å². The van der Waals surface area contributed by atoms with Crippen LogP contribution in [0.1, 0.15) is 56.5 Å². The number of halogens is 1. The number of nitrogens with one attached hydrogen (secondary N) is 1. The van der Waals surface area contributed by atoms with Crippen LogP contribution in [0.2, 0.25) is 5.02 Å². The maximum absolute atomic E-state index is 12.7. The van der Waals surface area contributed by atoms with E-state index in [4.69, 9.17) is 16.3 Å². The van der Waals surface area contributed by atoms with Gasteiger partial charge in [0.25, 0.3) is 5.91 Å². The van der Waals surface area contributed by atoms with Gasteiger partial charge in [-0.15, -0.1) is 0 Å². The van der Waals surface area contributed by atoms with Crippen LogP contribution in [0.25, 0.3) is 0 Å². The average molecular weight is 430 g/mol. The van der Waals surface area contributed by atoms with Crippen LogP contribution in [0.15, 0.2) is 42.7 Å². The molecule has 1 atom stereocenters. The molecule has 1 aliphatic rings. The molecular weight excluding hydrogens is 398 g/mol. The minimum atomic E-state index is -0.327. The van der Waals surface area contributed by atoms with Gasteiger partial charge in [0.1, 0.15) is 11.9 Å². The number of benzene rings is 1. The number of hydrogen-bond donors (Lipinski definition) is 1. The molecule has 0 spiro atoms. The van der Waals surface area contributed by atoms with Gasteiger partial charge in [0.15, 0.2) is 0 Å². The Hall–Kier alpha value is -2.11. The molecule has 1 aliphatic heterocycles. The molecule has 30 heavy (non-hydrogen) atoms. The molecule has 1 unspecified atom stereocenters. The molecule has 5 nitrogen and oxygen atoms in total. The highest BCUT2D eigenvalue weighted by Crippen LogP contribution is 2.27. The summed E-state index contributed by atoms with van der Waals surface area (Å²) in [7, 11) is 0. The molecule has 2 aromatic rings. The van der Waals surface area contributed by atoms with Crippen molar-refractivity contribution in [3.63, 3.8) is 0 Å². The van der Waals surface area contributed by atoms with Crippen molar-refractivity contribution >= 4 is 17.5 Å². The first kappa shape index (κ1) is 22.6. The lowest BCUT2D eigenvalue weighted by molar-refractivity contribution is 0.0772. The predicted octanol–water partition coefficient (Wildman–Crippen LogP) is 4.74. The summed E-state index contributed by atoms with van der Waals surface area (Å²) in [4.78, 5) is 19.4. The fourth-order valence-corrected chi connectivity index (χ4v) is 3.97. The maximum atomic E-state index is 12.7. The second-order valence-corrected chi connectivity index (χ2v) is 9.55. The minimum Gasteiger partial charge on any atom is -0.489 e. The number of ether oxygens (including phenoxy) is 1. The lowest BCUT2D eigenvalue weighted by Crippen LogP contribution is -2.44. The van der Waals surface area contributed by atoms with Gasteiger partial charge in [-0.1, -0.05) is 17.7 Å². The SMILES string of the molecule is CC(Cc1cccnc1)N1CCC(Oc2ccc(Cl)cc2C(=O)NC(C)(C)C)CC1. The van der Waals surface area contributed by atoms with Crippen molar-refractivity contribution in [1.82, 2.24) is 15.2 Å². The molecule has 0 saturated carbocycles. The fourth-order valence-electron chi connectivity index (χ4n) is 3.79. The molecule has 1 saturated heterocycles. The van der Waals surface area contributed by atoms with Crippen LogP contribution >= 0.6 is 11.6 Å². The third-order valence-electron chi connectivity index (χ3n) is 5.32. The van der Waals surface area contributed by atoms with Crippen LogP contribution in [0.5, 0.6) is 5.75 Å². The summed E-state index contributed by atoms with van der Waals surface area (Å²) in [5.41, 5.74) is 1.43. The van der Waals surface area contributed by atoms with Crippen molar-refractivity contribution in [2.24, 2.45) is 0 Å². The molecule has 162 valence electrons. The number of hydrogen-bond acceptors (Lipinski definition) is 4. The average Bonchev–Trinajstić information content (AvgIpc) is 2.69. The molecule has 1 aromatic heterocycles. The highest BCUT2D eigenvalue weighted by Gasteiger charge is 2.26. The Kier molecular flexibility index (Phi) is 7.37. The molecule has 2 heterocycles. The fraction of sp³-hybridized carbons (Fsp3) is 0.500. The second-order valence-electron chi connectivity index (χ2n) is 9.11. The van der Waals surface area contributed by atoms with E-state index in [9.17, 15) is 4.79 Å². The highest BCUT2D eigenvalue weighted by atomic mass is 35.5. The van der Waals surface area contributed by atoms with Gasteiger partial charge < -0.3 is 15.0 Å². The van der Waals surface area contributed by atoms with Gasteiger partial charge in [-0.25, -0.2) is 0 Å². The Morgan fingerprint density at radius 3 is 2.67 bits per heavy atom. The standard InChI is InChI=1S/C24H32ClN3O2/c1-17(14-18-6-5-11-26-16-18)28-12-9-20(10-13-28)30-22-8-7-19(25)15-21(22)23(29)27-24(2,3)4/h5-8,11,15-17,20H,9-10,12-14H2,1-4H3,(H,27,29). The number of aromatic nitrogens is 1. The van der Waals surface area contributed by atoms with Gasteiger partial charge in [-0.3, -0.25) is 9.78 Å². The third-order valence-corrected chi connectivity index (χ3v) is 5.56. The molecule has 1 N–H and O–H groups in total. The summed E-state index contributed by atoms with van der Waals surface area (Å²) < 4.78 is 6.27. The normalized spacial score (nSPS) is 16.8. The quantitative estimate of drug-likeness (QED) is 0.720. The van der Waals surface area contributed by atoms with Crippen LogP contribution in [-0.2, 0) is 6.42 Å². The Balaban J connectivity index is 1.59. The number of pyridine rings is 1. The predicted molar refractivity (Wildman–Crippen MR) is 121 cm³/mol. The van der Waals surface area contributed by atoms with E-state index in [1.54, 1.807) is 18.2 Å². The lowest BCUT2D eigenvalue weighted by Gasteiger charge is -2.36. The van der Waals surface area contributed by atoms with E-state index in [0.29, 0.717) is 22.4 Å². The van der Waals surface area contributed by atoms with Crippen LogP contribution in [0.4, 0.5) is 0 Å². The first-order valence-corrected chi connectivity index (χ1v) is 11.0. The molecule has 0 aliphatic carbocycles. The van der Waals surface area contributed by atoms with E-state index in [1.807, 2.05) is 39.2 Å². The van der Waals surface area contributed by atoms with Crippen LogP contribution in [0.3, 0.4) is 0 Å². The van der Waals surface area contributed by atoms with E-state index >= 15 is 0 Å². The van der Waals surface area contributed by atoms with Gasteiger partial charge in [0.05, 0.1) is 5.56 Å². The Morgan fingerprint density at radius 2 is 2.03 bits per heavy atom. The van der Waals surface area contributed by atoms with Gasteiger partial charge in [-0.05, 0) is 76.8 Å².